The van der Waals surface area contributed by atoms with Crippen LogP contribution < -0.4 is 5.48 Å². The van der Waals surface area contributed by atoms with Gasteiger partial charge in [0.05, 0.1) is 28.7 Å². The molecule has 126 valence electrons. The molecule has 0 atom stereocenters. The lowest BCUT2D eigenvalue weighted by Crippen LogP contribution is -2.19. The summed E-state index contributed by atoms with van der Waals surface area (Å²) in [6.45, 7) is 0. The minimum absolute atomic E-state index is 0.0248. The van der Waals surface area contributed by atoms with Crippen LogP contribution in [-0.2, 0) is 0 Å². The largest absolute Gasteiger partial charge is 0.478 e. The zero-order chi connectivity index (χ0) is 18.0. The number of hydroxylamine groups is 1. The molecule has 0 aliphatic heterocycles. The number of carboxylic acid groups (broad SMARTS) is 1. The molecule has 3 N–H and O–H groups in total. The third-order valence-electron chi connectivity index (χ3n) is 3.60. The van der Waals surface area contributed by atoms with E-state index in [1.165, 1.54) is 16.9 Å². The van der Waals surface area contributed by atoms with E-state index < -0.39 is 11.9 Å². The van der Waals surface area contributed by atoms with Crippen LogP contribution in [0.15, 0.2) is 54.7 Å². The zero-order valence-electron chi connectivity index (χ0n) is 12.7. The minimum Gasteiger partial charge on any atom is -0.478 e. The molecule has 0 bridgehead atoms. The van der Waals surface area contributed by atoms with E-state index in [1.54, 1.807) is 47.9 Å². The van der Waals surface area contributed by atoms with Crippen molar-refractivity contribution >= 4 is 23.5 Å². The Morgan fingerprint density at radius 2 is 1.72 bits per heavy atom. The SMILES string of the molecule is O=C(O)c1ccccc1-n1ncc(C(=O)NO)c1-c1ccc(Cl)cc1. The maximum atomic E-state index is 12.0. The Kier molecular flexibility index (Phi) is 4.51. The molecule has 8 heteroatoms. The first-order valence-corrected chi connectivity index (χ1v) is 7.52. The fraction of sp³-hybridized carbons (Fsp3) is 0. The monoisotopic (exact) mass is 357 g/mol. The van der Waals surface area contributed by atoms with Gasteiger partial charge in [-0.25, -0.2) is 15.0 Å². The lowest BCUT2D eigenvalue weighted by Gasteiger charge is -2.12. The highest BCUT2D eigenvalue weighted by molar-refractivity contribution is 6.30. The quantitative estimate of drug-likeness (QED) is 0.492. The van der Waals surface area contributed by atoms with E-state index >= 15 is 0 Å². The Morgan fingerprint density at radius 3 is 2.36 bits per heavy atom. The van der Waals surface area contributed by atoms with Crippen LogP contribution in [0.4, 0.5) is 0 Å². The summed E-state index contributed by atoms with van der Waals surface area (Å²) in [5.74, 6) is -1.88. The third kappa shape index (κ3) is 3.10. The van der Waals surface area contributed by atoms with Gasteiger partial charge in [-0.2, -0.15) is 5.10 Å². The lowest BCUT2D eigenvalue weighted by molar-refractivity contribution is 0.0694. The van der Waals surface area contributed by atoms with E-state index in [9.17, 15) is 14.7 Å². The summed E-state index contributed by atoms with van der Waals surface area (Å²) in [5.41, 5.74) is 2.89. The molecule has 0 saturated carbocycles. The number of carbonyl (C=O) groups excluding carboxylic acids is 1. The first-order chi connectivity index (χ1) is 12.0. The number of hydrogen-bond acceptors (Lipinski definition) is 4. The van der Waals surface area contributed by atoms with Crippen LogP contribution in [-0.4, -0.2) is 32.0 Å². The molecular formula is C17H12ClN3O4. The van der Waals surface area contributed by atoms with Gasteiger partial charge in [-0.15, -0.1) is 0 Å². The van der Waals surface area contributed by atoms with Gasteiger partial charge in [0.2, 0.25) is 0 Å². The molecule has 1 heterocycles. The lowest BCUT2D eigenvalue weighted by atomic mass is 10.1. The maximum absolute atomic E-state index is 12.0. The first kappa shape index (κ1) is 16.7. The average molecular weight is 358 g/mol. The molecule has 1 amide bonds. The van der Waals surface area contributed by atoms with Crippen LogP contribution in [0.1, 0.15) is 20.7 Å². The molecule has 0 radical (unpaired) electrons. The van der Waals surface area contributed by atoms with Gasteiger partial charge in [-0.3, -0.25) is 10.0 Å². The van der Waals surface area contributed by atoms with E-state index in [-0.39, 0.29) is 16.8 Å². The zero-order valence-corrected chi connectivity index (χ0v) is 13.4. The van der Waals surface area contributed by atoms with Gasteiger partial charge >= 0.3 is 5.97 Å². The predicted molar refractivity (Wildman–Crippen MR) is 90.2 cm³/mol. The van der Waals surface area contributed by atoms with Crippen molar-refractivity contribution in [1.29, 1.82) is 0 Å². The van der Waals surface area contributed by atoms with Gasteiger partial charge in [-0.05, 0) is 24.3 Å². The van der Waals surface area contributed by atoms with E-state index in [1.807, 2.05) is 0 Å². The third-order valence-corrected chi connectivity index (χ3v) is 3.85. The van der Waals surface area contributed by atoms with E-state index in [0.29, 0.717) is 16.3 Å². The van der Waals surface area contributed by atoms with Crippen molar-refractivity contribution in [1.82, 2.24) is 15.3 Å². The van der Waals surface area contributed by atoms with Crippen LogP contribution in [0.3, 0.4) is 0 Å². The minimum atomic E-state index is -1.12. The number of rotatable bonds is 4. The summed E-state index contributed by atoms with van der Waals surface area (Å²) in [6, 6.07) is 12.9. The number of nitrogens with zero attached hydrogens (tertiary/aromatic N) is 2. The van der Waals surface area contributed by atoms with Gasteiger partial charge in [0.25, 0.3) is 5.91 Å². The molecule has 0 saturated heterocycles. The molecular weight excluding hydrogens is 346 g/mol. The Labute approximate surface area is 147 Å². The van der Waals surface area contributed by atoms with Crippen LogP contribution in [0.2, 0.25) is 5.02 Å². The van der Waals surface area contributed by atoms with E-state index in [2.05, 4.69) is 5.10 Å². The summed E-state index contributed by atoms with van der Waals surface area (Å²) >= 11 is 5.91. The number of benzene rings is 2. The van der Waals surface area contributed by atoms with Gasteiger partial charge < -0.3 is 5.11 Å². The molecule has 7 nitrogen and oxygen atoms in total. The second-order valence-corrected chi connectivity index (χ2v) is 5.53. The van der Waals surface area contributed by atoms with E-state index in [4.69, 9.17) is 16.8 Å². The summed E-state index contributed by atoms with van der Waals surface area (Å²) in [7, 11) is 0. The second-order valence-electron chi connectivity index (χ2n) is 5.09. The fourth-order valence-electron chi connectivity index (χ4n) is 2.48. The molecule has 3 rings (SSSR count). The van der Waals surface area contributed by atoms with Crippen LogP contribution in [0.25, 0.3) is 16.9 Å². The van der Waals surface area contributed by atoms with Gasteiger partial charge in [0, 0.05) is 10.6 Å². The van der Waals surface area contributed by atoms with Crippen molar-refractivity contribution in [3.05, 3.63) is 70.9 Å². The molecule has 0 aliphatic carbocycles. The number of aromatic nitrogens is 2. The van der Waals surface area contributed by atoms with E-state index in [0.717, 1.165) is 0 Å². The molecule has 0 aliphatic rings. The number of carboxylic acids is 1. The van der Waals surface area contributed by atoms with Crippen LogP contribution >= 0.6 is 11.6 Å². The summed E-state index contributed by atoms with van der Waals surface area (Å²) in [5, 5.41) is 23.0. The van der Waals surface area contributed by atoms with Crippen molar-refractivity contribution in [3.63, 3.8) is 0 Å². The fourth-order valence-corrected chi connectivity index (χ4v) is 2.61. The summed E-state index contributed by atoms with van der Waals surface area (Å²) in [4.78, 5) is 23.5. The molecule has 2 aromatic carbocycles. The van der Waals surface area contributed by atoms with Crippen LogP contribution in [0.5, 0.6) is 0 Å². The Balaban J connectivity index is 2.29. The number of amides is 1. The molecule has 1 aromatic heterocycles. The normalized spacial score (nSPS) is 10.5. The highest BCUT2D eigenvalue weighted by atomic mass is 35.5. The first-order valence-electron chi connectivity index (χ1n) is 7.14. The van der Waals surface area contributed by atoms with Gasteiger partial charge in [-0.1, -0.05) is 35.9 Å². The molecule has 25 heavy (non-hydrogen) atoms. The molecule has 0 fully saturated rings. The topological polar surface area (TPSA) is 104 Å². The van der Waals surface area contributed by atoms with Crippen molar-refractivity contribution in [3.8, 4) is 16.9 Å². The van der Waals surface area contributed by atoms with Crippen molar-refractivity contribution in [2.45, 2.75) is 0 Å². The predicted octanol–water partition coefficient (Wildman–Crippen LogP) is 3.01. The van der Waals surface area contributed by atoms with Crippen LogP contribution in [0, 0.1) is 0 Å². The number of para-hydroxylation sites is 1. The number of hydrogen-bond donors (Lipinski definition) is 3. The van der Waals surface area contributed by atoms with Gasteiger partial charge in [0.15, 0.2) is 0 Å². The molecule has 0 unspecified atom stereocenters. The van der Waals surface area contributed by atoms with Crippen molar-refractivity contribution in [2.75, 3.05) is 0 Å². The van der Waals surface area contributed by atoms with Gasteiger partial charge in [0.1, 0.15) is 0 Å². The second kappa shape index (κ2) is 6.76. The highest BCUT2D eigenvalue weighted by Crippen LogP contribution is 2.29. The van der Waals surface area contributed by atoms with Crippen molar-refractivity contribution < 1.29 is 19.9 Å². The molecule has 3 aromatic rings. The molecule has 0 spiro atoms. The number of aromatic carboxylic acids is 1. The standard InChI is InChI=1S/C17H12ClN3O4/c18-11-7-5-10(6-8-11)15-13(16(22)20-25)9-19-21(15)14-4-2-1-3-12(14)17(23)24/h1-9,25H,(H,20,22)(H,23,24). The summed E-state index contributed by atoms with van der Waals surface area (Å²) in [6.07, 6.45) is 1.26. The number of carbonyl (C=O) groups is 2. The average Bonchev–Trinajstić information content (AvgIpc) is 3.06. The van der Waals surface area contributed by atoms with Crippen molar-refractivity contribution in [2.24, 2.45) is 0 Å². The summed E-state index contributed by atoms with van der Waals surface area (Å²) < 4.78 is 1.34. The Hall–Kier alpha value is -3.16. The Morgan fingerprint density at radius 1 is 1.04 bits per heavy atom. The number of halogens is 1. The smallest absolute Gasteiger partial charge is 0.337 e. The number of nitrogens with one attached hydrogen (secondary N) is 1. The maximum Gasteiger partial charge on any atom is 0.337 e. The Bertz CT molecular complexity index is 951. The highest BCUT2D eigenvalue weighted by Gasteiger charge is 2.22.